The van der Waals surface area contributed by atoms with Crippen molar-refractivity contribution in [3.63, 3.8) is 0 Å². The normalized spacial score (nSPS) is 11.1. The molecule has 0 saturated carbocycles. The van der Waals surface area contributed by atoms with Crippen LogP contribution in [0.1, 0.15) is 25.0 Å². The van der Waals surface area contributed by atoms with Gasteiger partial charge < -0.3 is 5.11 Å². The first-order valence-corrected chi connectivity index (χ1v) is 6.90. The molecule has 0 bridgehead atoms. The molecule has 1 aromatic carbocycles. The van der Waals surface area contributed by atoms with Gasteiger partial charge in [-0.1, -0.05) is 26.0 Å². The van der Waals surface area contributed by atoms with Crippen molar-refractivity contribution in [3.8, 4) is 11.3 Å². The standard InChI is InChI=1S/C16H19FN2O2/c1-10(2)8-19-16(21)13(9-20)7-15(18-19)12-5-4-11(3)14(17)6-12/h4-7,10,20H,8-9H2,1-3H3. The Kier molecular flexibility index (Phi) is 4.53. The highest BCUT2D eigenvalue weighted by atomic mass is 19.1. The average Bonchev–Trinajstić information content (AvgIpc) is 2.43. The minimum Gasteiger partial charge on any atom is -0.391 e. The van der Waals surface area contributed by atoms with Gasteiger partial charge in [0.25, 0.3) is 5.56 Å². The molecule has 0 aliphatic rings. The summed E-state index contributed by atoms with van der Waals surface area (Å²) in [7, 11) is 0. The molecule has 0 spiro atoms. The van der Waals surface area contributed by atoms with E-state index in [0.717, 1.165) is 0 Å². The highest BCUT2D eigenvalue weighted by molar-refractivity contribution is 5.59. The topological polar surface area (TPSA) is 55.1 Å². The Labute approximate surface area is 122 Å². The third-order valence-corrected chi connectivity index (χ3v) is 3.22. The quantitative estimate of drug-likeness (QED) is 0.941. The fourth-order valence-electron chi connectivity index (χ4n) is 2.07. The van der Waals surface area contributed by atoms with E-state index in [-0.39, 0.29) is 29.5 Å². The molecule has 1 aromatic heterocycles. The van der Waals surface area contributed by atoms with Crippen LogP contribution in [0.25, 0.3) is 11.3 Å². The van der Waals surface area contributed by atoms with Gasteiger partial charge in [-0.05, 0) is 30.5 Å². The Morgan fingerprint density at radius 3 is 2.62 bits per heavy atom. The summed E-state index contributed by atoms with van der Waals surface area (Å²) >= 11 is 0. The summed E-state index contributed by atoms with van der Waals surface area (Å²) in [5, 5.41) is 13.6. The zero-order chi connectivity index (χ0) is 15.6. The Bertz CT molecular complexity index is 708. The van der Waals surface area contributed by atoms with Crippen molar-refractivity contribution in [2.24, 2.45) is 5.92 Å². The van der Waals surface area contributed by atoms with Crippen LogP contribution in [0.3, 0.4) is 0 Å². The van der Waals surface area contributed by atoms with E-state index in [4.69, 9.17) is 0 Å². The number of aliphatic hydroxyl groups excluding tert-OH is 1. The third-order valence-electron chi connectivity index (χ3n) is 3.22. The summed E-state index contributed by atoms with van der Waals surface area (Å²) in [6.07, 6.45) is 0. The lowest BCUT2D eigenvalue weighted by molar-refractivity contribution is 0.277. The van der Waals surface area contributed by atoms with Crippen LogP contribution in [0.4, 0.5) is 4.39 Å². The van der Waals surface area contributed by atoms with Crippen LogP contribution < -0.4 is 5.56 Å². The van der Waals surface area contributed by atoms with Gasteiger partial charge in [-0.15, -0.1) is 0 Å². The first-order chi connectivity index (χ1) is 9.92. The highest BCUT2D eigenvalue weighted by Crippen LogP contribution is 2.20. The van der Waals surface area contributed by atoms with Crippen LogP contribution in [0.2, 0.25) is 0 Å². The summed E-state index contributed by atoms with van der Waals surface area (Å²) in [6.45, 7) is 5.73. The van der Waals surface area contributed by atoms with Gasteiger partial charge in [-0.25, -0.2) is 9.07 Å². The molecule has 0 aliphatic heterocycles. The van der Waals surface area contributed by atoms with Crippen molar-refractivity contribution in [2.45, 2.75) is 33.9 Å². The molecule has 0 fully saturated rings. The van der Waals surface area contributed by atoms with Gasteiger partial charge in [0.15, 0.2) is 0 Å². The van der Waals surface area contributed by atoms with E-state index >= 15 is 0 Å². The fourth-order valence-corrected chi connectivity index (χ4v) is 2.07. The lowest BCUT2D eigenvalue weighted by Gasteiger charge is -2.12. The number of nitrogens with zero attached hydrogens (tertiary/aromatic N) is 2. The molecule has 0 atom stereocenters. The average molecular weight is 290 g/mol. The van der Waals surface area contributed by atoms with Crippen molar-refractivity contribution in [1.29, 1.82) is 0 Å². The molecule has 4 nitrogen and oxygen atoms in total. The van der Waals surface area contributed by atoms with Gasteiger partial charge >= 0.3 is 0 Å². The molecule has 1 N–H and O–H groups in total. The maximum Gasteiger partial charge on any atom is 0.272 e. The number of aromatic nitrogens is 2. The van der Waals surface area contributed by atoms with Crippen molar-refractivity contribution in [3.05, 3.63) is 51.6 Å². The number of rotatable bonds is 4. The van der Waals surface area contributed by atoms with E-state index in [9.17, 15) is 14.3 Å². The second-order valence-electron chi connectivity index (χ2n) is 5.56. The Morgan fingerprint density at radius 2 is 2.05 bits per heavy atom. The van der Waals surface area contributed by atoms with E-state index in [1.54, 1.807) is 19.1 Å². The summed E-state index contributed by atoms with van der Waals surface area (Å²) in [5.74, 6) is -0.0757. The third kappa shape index (κ3) is 3.36. The fraction of sp³-hybridized carbons (Fsp3) is 0.375. The number of hydrogen-bond donors (Lipinski definition) is 1. The predicted octanol–water partition coefficient (Wildman–Crippen LogP) is 2.51. The Morgan fingerprint density at radius 1 is 1.33 bits per heavy atom. The molecule has 0 unspecified atom stereocenters. The number of aliphatic hydroxyl groups is 1. The molecular formula is C16H19FN2O2. The first kappa shape index (κ1) is 15.4. The monoisotopic (exact) mass is 290 g/mol. The van der Waals surface area contributed by atoms with Crippen molar-refractivity contribution in [2.75, 3.05) is 0 Å². The molecule has 0 amide bonds. The van der Waals surface area contributed by atoms with Gasteiger partial charge in [0.2, 0.25) is 0 Å². The summed E-state index contributed by atoms with van der Waals surface area (Å²) in [6, 6.07) is 6.33. The second kappa shape index (κ2) is 6.18. The highest BCUT2D eigenvalue weighted by Gasteiger charge is 2.11. The van der Waals surface area contributed by atoms with Gasteiger partial charge in [0.1, 0.15) is 5.82 Å². The molecule has 21 heavy (non-hydrogen) atoms. The predicted molar refractivity (Wildman–Crippen MR) is 79.4 cm³/mol. The number of halogens is 1. The maximum absolute atomic E-state index is 13.7. The van der Waals surface area contributed by atoms with Gasteiger partial charge in [0, 0.05) is 17.7 Å². The minimum atomic E-state index is -0.360. The second-order valence-corrected chi connectivity index (χ2v) is 5.56. The summed E-state index contributed by atoms with van der Waals surface area (Å²) < 4.78 is 15.0. The van der Waals surface area contributed by atoms with Crippen LogP contribution >= 0.6 is 0 Å². The lowest BCUT2D eigenvalue weighted by atomic mass is 10.1. The zero-order valence-corrected chi connectivity index (χ0v) is 12.4. The Hall–Kier alpha value is -2.01. The van der Waals surface area contributed by atoms with E-state index in [1.165, 1.54) is 16.8 Å². The first-order valence-electron chi connectivity index (χ1n) is 6.90. The number of benzene rings is 1. The molecule has 0 saturated heterocycles. The summed E-state index contributed by atoms with van der Waals surface area (Å²) in [4.78, 5) is 12.1. The molecule has 2 rings (SSSR count). The Balaban J connectivity index is 2.57. The SMILES string of the molecule is Cc1ccc(-c2cc(CO)c(=O)n(CC(C)C)n2)cc1F. The van der Waals surface area contributed by atoms with Crippen LogP contribution in [0.15, 0.2) is 29.1 Å². The van der Waals surface area contributed by atoms with Crippen molar-refractivity contribution >= 4 is 0 Å². The smallest absolute Gasteiger partial charge is 0.272 e. The van der Waals surface area contributed by atoms with Crippen molar-refractivity contribution in [1.82, 2.24) is 9.78 Å². The van der Waals surface area contributed by atoms with Crippen LogP contribution in [0, 0.1) is 18.7 Å². The molecule has 0 aliphatic carbocycles. The maximum atomic E-state index is 13.7. The molecule has 1 heterocycles. The molecular weight excluding hydrogens is 271 g/mol. The minimum absolute atomic E-state index is 0.242. The van der Waals surface area contributed by atoms with E-state index < -0.39 is 0 Å². The molecule has 0 radical (unpaired) electrons. The van der Waals surface area contributed by atoms with E-state index in [0.29, 0.717) is 23.4 Å². The lowest BCUT2D eigenvalue weighted by Crippen LogP contribution is -2.28. The van der Waals surface area contributed by atoms with Gasteiger partial charge in [-0.2, -0.15) is 5.10 Å². The van der Waals surface area contributed by atoms with Crippen LogP contribution in [0.5, 0.6) is 0 Å². The van der Waals surface area contributed by atoms with Gasteiger partial charge in [0.05, 0.1) is 12.3 Å². The molecule has 5 heteroatoms. The van der Waals surface area contributed by atoms with Crippen LogP contribution in [-0.4, -0.2) is 14.9 Å². The molecule has 2 aromatic rings. The van der Waals surface area contributed by atoms with E-state index in [1.807, 2.05) is 13.8 Å². The van der Waals surface area contributed by atoms with Crippen molar-refractivity contribution < 1.29 is 9.50 Å². The van der Waals surface area contributed by atoms with E-state index in [2.05, 4.69) is 5.10 Å². The molecule has 112 valence electrons. The number of aryl methyl sites for hydroxylation is 1. The largest absolute Gasteiger partial charge is 0.391 e. The van der Waals surface area contributed by atoms with Crippen LogP contribution in [-0.2, 0) is 13.2 Å². The van der Waals surface area contributed by atoms with Gasteiger partial charge in [-0.3, -0.25) is 4.79 Å². The number of hydrogen-bond acceptors (Lipinski definition) is 3. The summed E-state index contributed by atoms with van der Waals surface area (Å²) in [5.41, 5.74) is 1.59. The zero-order valence-electron chi connectivity index (χ0n) is 12.4.